The molecule has 20 heavy (non-hydrogen) atoms. The molecule has 1 heterocycles. The monoisotopic (exact) mass is 318 g/mol. The van der Waals surface area contributed by atoms with Gasteiger partial charge in [0.05, 0.1) is 10.0 Å². The molecule has 4 nitrogen and oxygen atoms in total. The molecule has 0 amide bonds. The third-order valence-electron chi connectivity index (χ3n) is 2.98. The molecule has 6 heteroatoms. The van der Waals surface area contributed by atoms with Gasteiger partial charge in [-0.3, -0.25) is 0 Å². The fourth-order valence-corrected chi connectivity index (χ4v) is 2.45. The van der Waals surface area contributed by atoms with Crippen molar-refractivity contribution in [1.82, 2.24) is 9.88 Å². The SMILES string of the molecule is CCCN(CC)CCNc1nc(NCC)c(Cl)cc1Cl. The Balaban J connectivity index is 2.60. The molecule has 0 aliphatic heterocycles. The van der Waals surface area contributed by atoms with E-state index in [4.69, 9.17) is 23.2 Å². The number of aromatic nitrogens is 1. The zero-order chi connectivity index (χ0) is 15.0. The van der Waals surface area contributed by atoms with Crippen LogP contribution >= 0.6 is 23.2 Å². The quantitative estimate of drug-likeness (QED) is 0.723. The van der Waals surface area contributed by atoms with E-state index in [2.05, 4.69) is 34.4 Å². The summed E-state index contributed by atoms with van der Waals surface area (Å²) in [6, 6.07) is 1.72. The van der Waals surface area contributed by atoms with Crippen molar-refractivity contribution in [2.24, 2.45) is 0 Å². The van der Waals surface area contributed by atoms with Gasteiger partial charge in [0.25, 0.3) is 0 Å². The Morgan fingerprint density at radius 3 is 2.25 bits per heavy atom. The summed E-state index contributed by atoms with van der Waals surface area (Å²) in [7, 11) is 0. The van der Waals surface area contributed by atoms with Gasteiger partial charge in [0, 0.05) is 19.6 Å². The topological polar surface area (TPSA) is 40.2 Å². The predicted octanol–water partition coefficient (Wildman–Crippen LogP) is 3.96. The first-order valence-corrected chi connectivity index (χ1v) is 7.94. The van der Waals surface area contributed by atoms with Gasteiger partial charge in [-0.2, -0.15) is 0 Å². The molecule has 0 atom stereocenters. The number of hydrogen-bond donors (Lipinski definition) is 2. The number of nitrogens with one attached hydrogen (secondary N) is 2. The Hall–Kier alpha value is -0.710. The van der Waals surface area contributed by atoms with E-state index in [-0.39, 0.29) is 0 Å². The second-order valence-electron chi connectivity index (χ2n) is 4.54. The molecule has 0 saturated heterocycles. The van der Waals surface area contributed by atoms with Crippen LogP contribution in [-0.4, -0.2) is 42.6 Å². The molecule has 0 radical (unpaired) electrons. The second kappa shape index (κ2) is 9.27. The molecule has 0 aliphatic rings. The molecular weight excluding hydrogens is 295 g/mol. The highest BCUT2D eigenvalue weighted by atomic mass is 35.5. The van der Waals surface area contributed by atoms with Crippen LogP contribution in [0.15, 0.2) is 6.07 Å². The summed E-state index contributed by atoms with van der Waals surface area (Å²) in [6.45, 7) is 11.1. The zero-order valence-corrected chi connectivity index (χ0v) is 14.0. The maximum absolute atomic E-state index is 6.16. The van der Waals surface area contributed by atoms with Crippen molar-refractivity contribution in [2.75, 3.05) is 43.4 Å². The Morgan fingerprint density at radius 1 is 1.05 bits per heavy atom. The lowest BCUT2D eigenvalue weighted by Gasteiger charge is -2.20. The van der Waals surface area contributed by atoms with E-state index in [1.165, 1.54) is 6.42 Å². The summed E-state index contributed by atoms with van der Waals surface area (Å²) in [5.74, 6) is 1.35. The minimum atomic E-state index is 0.545. The number of nitrogens with zero attached hydrogens (tertiary/aromatic N) is 2. The van der Waals surface area contributed by atoms with Crippen LogP contribution in [0.3, 0.4) is 0 Å². The molecule has 2 N–H and O–H groups in total. The van der Waals surface area contributed by atoms with Crippen molar-refractivity contribution in [2.45, 2.75) is 27.2 Å². The first kappa shape index (κ1) is 17.3. The number of rotatable bonds is 9. The van der Waals surface area contributed by atoms with E-state index < -0.39 is 0 Å². The van der Waals surface area contributed by atoms with E-state index >= 15 is 0 Å². The third kappa shape index (κ3) is 5.35. The Morgan fingerprint density at radius 2 is 1.70 bits per heavy atom. The molecule has 0 spiro atoms. The van der Waals surface area contributed by atoms with Crippen molar-refractivity contribution in [3.05, 3.63) is 16.1 Å². The molecular formula is C14H24Cl2N4. The van der Waals surface area contributed by atoms with Crippen molar-refractivity contribution < 1.29 is 0 Å². The Bertz CT molecular complexity index is 412. The lowest BCUT2D eigenvalue weighted by Crippen LogP contribution is -2.29. The molecule has 1 aromatic heterocycles. The molecule has 1 rings (SSSR count). The lowest BCUT2D eigenvalue weighted by molar-refractivity contribution is 0.300. The standard InChI is InChI=1S/C14H24Cl2N4/c1-4-8-20(6-3)9-7-18-14-12(16)10-11(15)13(19-14)17-5-2/h10H,4-9H2,1-3H3,(H2,17,18,19). The number of pyridine rings is 1. The summed E-state index contributed by atoms with van der Waals surface area (Å²) < 4.78 is 0. The molecule has 0 aromatic carbocycles. The lowest BCUT2D eigenvalue weighted by atomic mass is 10.4. The van der Waals surface area contributed by atoms with Crippen LogP contribution < -0.4 is 10.6 Å². The second-order valence-corrected chi connectivity index (χ2v) is 5.35. The van der Waals surface area contributed by atoms with Gasteiger partial charge in [0.2, 0.25) is 0 Å². The molecule has 0 unspecified atom stereocenters. The molecule has 1 aromatic rings. The van der Waals surface area contributed by atoms with Crippen molar-refractivity contribution in [1.29, 1.82) is 0 Å². The number of hydrogen-bond acceptors (Lipinski definition) is 4. The largest absolute Gasteiger partial charge is 0.369 e. The minimum absolute atomic E-state index is 0.545. The maximum atomic E-state index is 6.16. The van der Waals surface area contributed by atoms with Gasteiger partial charge >= 0.3 is 0 Å². The van der Waals surface area contributed by atoms with Crippen molar-refractivity contribution >= 4 is 34.8 Å². The summed E-state index contributed by atoms with van der Waals surface area (Å²) in [4.78, 5) is 6.82. The van der Waals surface area contributed by atoms with E-state index in [0.29, 0.717) is 21.7 Å². The van der Waals surface area contributed by atoms with Crippen LogP contribution in [0.4, 0.5) is 11.6 Å². The van der Waals surface area contributed by atoms with Gasteiger partial charge in [0.1, 0.15) is 11.6 Å². The normalized spacial score (nSPS) is 10.9. The number of anilines is 2. The molecule has 0 aliphatic carbocycles. The van der Waals surface area contributed by atoms with Crippen molar-refractivity contribution in [3.8, 4) is 0 Å². The highest BCUT2D eigenvalue weighted by molar-refractivity contribution is 6.37. The van der Waals surface area contributed by atoms with Crippen LogP contribution in [0.2, 0.25) is 10.0 Å². The molecule has 0 bridgehead atoms. The molecule has 0 fully saturated rings. The van der Waals surface area contributed by atoms with Crippen molar-refractivity contribution in [3.63, 3.8) is 0 Å². The highest BCUT2D eigenvalue weighted by Crippen LogP contribution is 2.28. The highest BCUT2D eigenvalue weighted by Gasteiger charge is 2.09. The van der Waals surface area contributed by atoms with E-state index in [0.717, 1.165) is 32.7 Å². The van der Waals surface area contributed by atoms with E-state index in [1.54, 1.807) is 6.07 Å². The molecule has 0 saturated carbocycles. The number of halogens is 2. The van der Waals surface area contributed by atoms with Crippen LogP contribution in [0.1, 0.15) is 27.2 Å². The fourth-order valence-electron chi connectivity index (χ4n) is 1.96. The average Bonchev–Trinajstić information content (AvgIpc) is 2.42. The number of likely N-dealkylation sites (N-methyl/N-ethyl adjacent to an activating group) is 1. The van der Waals surface area contributed by atoms with Gasteiger partial charge in [-0.1, -0.05) is 37.0 Å². The predicted molar refractivity (Wildman–Crippen MR) is 89.3 cm³/mol. The van der Waals surface area contributed by atoms with Gasteiger partial charge in [0.15, 0.2) is 0 Å². The summed E-state index contributed by atoms with van der Waals surface area (Å²) in [5.41, 5.74) is 0. The first-order chi connectivity index (χ1) is 9.62. The van der Waals surface area contributed by atoms with E-state index in [9.17, 15) is 0 Å². The fraction of sp³-hybridized carbons (Fsp3) is 0.643. The Kier molecular flexibility index (Phi) is 8.04. The van der Waals surface area contributed by atoms with Gasteiger partial charge in [-0.25, -0.2) is 4.98 Å². The summed E-state index contributed by atoms with van der Waals surface area (Å²) in [6.07, 6.45) is 1.17. The summed E-state index contributed by atoms with van der Waals surface area (Å²) in [5, 5.41) is 7.50. The first-order valence-electron chi connectivity index (χ1n) is 7.18. The van der Waals surface area contributed by atoms with Crippen LogP contribution in [-0.2, 0) is 0 Å². The van der Waals surface area contributed by atoms with Crippen LogP contribution in [0.5, 0.6) is 0 Å². The Labute approximate surface area is 131 Å². The van der Waals surface area contributed by atoms with Crippen LogP contribution in [0.25, 0.3) is 0 Å². The van der Waals surface area contributed by atoms with E-state index in [1.807, 2.05) is 6.92 Å². The van der Waals surface area contributed by atoms with Gasteiger partial charge in [-0.15, -0.1) is 0 Å². The zero-order valence-electron chi connectivity index (χ0n) is 12.5. The molecule has 114 valence electrons. The minimum Gasteiger partial charge on any atom is -0.369 e. The van der Waals surface area contributed by atoms with Gasteiger partial charge < -0.3 is 15.5 Å². The van der Waals surface area contributed by atoms with Crippen LogP contribution in [0, 0.1) is 0 Å². The smallest absolute Gasteiger partial charge is 0.147 e. The average molecular weight is 319 g/mol. The maximum Gasteiger partial charge on any atom is 0.147 e. The third-order valence-corrected chi connectivity index (χ3v) is 3.56. The van der Waals surface area contributed by atoms with Gasteiger partial charge in [-0.05, 0) is 32.5 Å². The summed E-state index contributed by atoms with van der Waals surface area (Å²) >= 11 is 12.2.